The second-order valence-electron chi connectivity index (χ2n) is 6.23. The zero-order valence-corrected chi connectivity index (χ0v) is 15.3. The van der Waals surface area contributed by atoms with Gasteiger partial charge in [0, 0.05) is 0 Å². The summed E-state index contributed by atoms with van der Waals surface area (Å²) < 4.78 is 24.2. The fraction of sp³-hybridized carbons (Fsp3) is 0.941. The molecule has 0 spiro atoms. The maximum Gasteiger partial charge on any atom is 0.235 e. The third-order valence-corrected chi connectivity index (χ3v) is 6.28. The van der Waals surface area contributed by atoms with E-state index in [0.29, 0.717) is 19.3 Å². The summed E-state index contributed by atoms with van der Waals surface area (Å²) in [6.45, 7) is 4.09. The molecule has 5 heteroatoms. The normalized spacial score (nSPS) is 13.2. The molecule has 0 fully saturated rings. The van der Waals surface area contributed by atoms with Crippen LogP contribution in [0.2, 0.25) is 0 Å². The summed E-state index contributed by atoms with van der Waals surface area (Å²) in [5, 5.41) is -0.990. The average Bonchev–Trinajstić information content (AvgIpc) is 2.46. The number of sulfone groups is 1. The van der Waals surface area contributed by atoms with Crippen molar-refractivity contribution >= 4 is 15.7 Å². The molecule has 132 valence electrons. The van der Waals surface area contributed by atoms with Crippen molar-refractivity contribution in [3.63, 3.8) is 0 Å². The van der Waals surface area contributed by atoms with Gasteiger partial charge >= 0.3 is 0 Å². The molecule has 0 saturated heterocycles. The molecule has 0 bridgehead atoms. The summed E-state index contributed by atoms with van der Waals surface area (Å²) in [5.41, 5.74) is 5.21. The second kappa shape index (κ2) is 12.9. The molecule has 0 saturated carbocycles. The van der Waals surface area contributed by atoms with Gasteiger partial charge in [-0.25, -0.2) is 8.42 Å². The smallest absolute Gasteiger partial charge is 0.235 e. The van der Waals surface area contributed by atoms with Crippen LogP contribution in [-0.4, -0.2) is 25.3 Å². The van der Waals surface area contributed by atoms with Crippen molar-refractivity contribution in [1.29, 1.82) is 0 Å². The minimum absolute atomic E-state index is 0.0944. The van der Waals surface area contributed by atoms with E-state index >= 15 is 0 Å². The summed E-state index contributed by atoms with van der Waals surface area (Å²) in [5.74, 6) is -0.606. The highest BCUT2D eigenvalue weighted by atomic mass is 32.2. The molecule has 0 aromatic rings. The molecule has 0 heterocycles. The minimum Gasteiger partial charge on any atom is -0.369 e. The van der Waals surface area contributed by atoms with E-state index in [0.717, 1.165) is 12.8 Å². The molecule has 22 heavy (non-hydrogen) atoms. The van der Waals surface area contributed by atoms with Crippen LogP contribution in [0.3, 0.4) is 0 Å². The topological polar surface area (TPSA) is 77.2 Å². The highest BCUT2D eigenvalue weighted by Gasteiger charge is 2.29. The highest BCUT2D eigenvalue weighted by Crippen LogP contribution is 2.14. The van der Waals surface area contributed by atoms with Crippen molar-refractivity contribution in [2.45, 2.75) is 96.1 Å². The number of unbranched alkanes of at least 4 members (excludes halogenated alkanes) is 9. The molecular weight excluding hydrogens is 298 g/mol. The first kappa shape index (κ1) is 21.4. The third-order valence-electron chi connectivity index (χ3n) is 4.08. The van der Waals surface area contributed by atoms with E-state index in [9.17, 15) is 13.2 Å². The van der Waals surface area contributed by atoms with Crippen LogP contribution in [0.25, 0.3) is 0 Å². The van der Waals surface area contributed by atoms with Crippen LogP contribution >= 0.6 is 0 Å². The van der Waals surface area contributed by atoms with Crippen molar-refractivity contribution in [3.8, 4) is 0 Å². The van der Waals surface area contributed by atoms with Gasteiger partial charge < -0.3 is 5.73 Å². The summed E-state index contributed by atoms with van der Waals surface area (Å²) >= 11 is 0. The Morgan fingerprint density at radius 1 is 0.818 bits per heavy atom. The molecule has 0 radical (unpaired) electrons. The van der Waals surface area contributed by atoms with E-state index < -0.39 is 21.0 Å². The number of rotatable bonds is 15. The number of hydrogen-bond donors (Lipinski definition) is 1. The van der Waals surface area contributed by atoms with Gasteiger partial charge in [-0.1, -0.05) is 78.1 Å². The molecule has 0 aliphatic rings. The Hall–Kier alpha value is -0.580. The molecule has 4 nitrogen and oxygen atoms in total. The number of primary amides is 1. The van der Waals surface area contributed by atoms with E-state index in [4.69, 9.17) is 5.73 Å². The zero-order valence-electron chi connectivity index (χ0n) is 14.5. The van der Waals surface area contributed by atoms with E-state index in [1.54, 1.807) is 0 Å². The Morgan fingerprint density at radius 2 is 1.27 bits per heavy atom. The number of hydrogen-bond acceptors (Lipinski definition) is 3. The summed E-state index contributed by atoms with van der Waals surface area (Å²) in [4.78, 5) is 11.3. The van der Waals surface area contributed by atoms with Crippen molar-refractivity contribution in [3.05, 3.63) is 0 Å². The van der Waals surface area contributed by atoms with Crippen LogP contribution in [0.5, 0.6) is 0 Å². The van der Waals surface area contributed by atoms with Gasteiger partial charge in [0.05, 0.1) is 5.75 Å². The monoisotopic (exact) mass is 333 g/mol. The Bertz CT molecular complexity index is 379. The SMILES string of the molecule is CCCCCCCCCCCCS(=O)(=O)C(CCC)C(N)=O. The summed E-state index contributed by atoms with van der Waals surface area (Å²) in [7, 11) is -3.37. The van der Waals surface area contributed by atoms with Crippen LogP contribution in [0.4, 0.5) is 0 Å². The van der Waals surface area contributed by atoms with E-state index in [-0.39, 0.29) is 5.75 Å². The fourth-order valence-corrected chi connectivity index (χ4v) is 4.53. The molecule has 0 aromatic carbocycles. The summed E-state index contributed by atoms with van der Waals surface area (Å²) in [6.07, 6.45) is 12.6. The van der Waals surface area contributed by atoms with Gasteiger partial charge in [-0.15, -0.1) is 0 Å². The Labute approximate surface area is 137 Å². The molecule has 2 N–H and O–H groups in total. The third kappa shape index (κ3) is 10.2. The van der Waals surface area contributed by atoms with Crippen molar-refractivity contribution in [1.82, 2.24) is 0 Å². The molecular formula is C17H35NO3S. The Balaban J connectivity index is 3.74. The maximum atomic E-state index is 12.1. The lowest BCUT2D eigenvalue weighted by Gasteiger charge is -2.13. The summed E-state index contributed by atoms with van der Waals surface area (Å²) in [6, 6.07) is 0. The lowest BCUT2D eigenvalue weighted by Crippen LogP contribution is -2.37. The van der Waals surface area contributed by atoms with Crippen LogP contribution in [0, 0.1) is 0 Å². The van der Waals surface area contributed by atoms with E-state index in [2.05, 4.69) is 6.92 Å². The predicted octanol–water partition coefficient (Wildman–Crippen LogP) is 3.98. The van der Waals surface area contributed by atoms with Gasteiger partial charge in [0.15, 0.2) is 9.84 Å². The standard InChI is InChI=1S/C17H35NO3S/c1-3-5-6-7-8-9-10-11-12-13-15-22(20,21)16(14-4-2)17(18)19/h16H,3-15H2,1-2H3,(H2,18,19). The van der Waals surface area contributed by atoms with Gasteiger partial charge in [-0.2, -0.15) is 0 Å². The average molecular weight is 334 g/mol. The Morgan fingerprint density at radius 3 is 1.68 bits per heavy atom. The highest BCUT2D eigenvalue weighted by molar-refractivity contribution is 7.92. The number of carbonyl (C=O) groups excluding carboxylic acids is 1. The van der Waals surface area contributed by atoms with Crippen LogP contribution < -0.4 is 5.73 Å². The van der Waals surface area contributed by atoms with Crippen molar-refractivity contribution in [2.24, 2.45) is 5.73 Å². The van der Waals surface area contributed by atoms with Gasteiger partial charge in [-0.05, 0) is 12.8 Å². The van der Waals surface area contributed by atoms with E-state index in [1.807, 2.05) is 6.92 Å². The molecule has 0 aliphatic carbocycles. The largest absolute Gasteiger partial charge is 0.369 e. The predicted molar refractivity (Wildman–Crippen MR) is 93.5 cm³/mol. The van der Waals surface area contributed by atoms with Gasteiger partial charge in [0.25, 0.3) is 0 Å². The molecule has 1 unspecified atom stereocenters. The van der Waals surface area contributed by atoms with Gasteiger partial charge in [-0.3, -0.25) is 4.79 Å². The van der Waals surface area contributed by atoms with Crippen LogP contribution in [0.15, 0.2) is 0 Å². The van der Waals surface area contributed by atoms with Crippen molar-refractivity contribution in [2.75, 3.05) is 5.75 Å². The van der Waals surface area contributed by atoms with Crippen LogP contribution in [-0.2, 0) is 14.6 Å². The molecule has 0 aromatic heterocycles. The minimum atomic E-state index is -3.37. The van der Waals surface area contributed by atoms with Gasteiger partial charge in [0.1, 0.15) is 5.25 Å². The van der Waals surface area contributed by atoms with Crippen LogP contribution in [0.1, 0.15) is 90.9 Å². The second-order valence-corrected chi connectivity index (χ2v) is 8.53. The first-order chi connectivity index (χ1) is 10.5. The lowest BCUT2D eigenvalue weighted by molar-refractivity contribution is -0.117. The first-order valence-corrected chi connectivity index (χ1v) is 10.7. The Kier molecular flexibility index (Phi) is 12.6. The maximum absolute atomic E-state index is 12.1. The first-order valence-electron chi connectivity index (χ1n) is 8.96. The van der Waals surface area contributed by atoms with Crippen molar-refractivity contribution < 1.29 is 13.2 Å². The zero-order chi connectivity index (χ0) is 16.8. The fourth-order valence-electron chi connectivity index (χ4n) is 2.69. The van der Waals surface area contributed by atoms with E-state index in [1.165, 1.54) is 44.9 Å². The van der Waals surface area contributed by atoms with Gasteiger partial charge in [0.2, 0.25) is 5.91 Å². The number of nitrogens with two attached hydrogens (primary N) is 1. The molecule has 0 rings (SSSR count). The molecule has 0 aliphatic heterocycles. The lowest BCUT2D eigenvalue weighted by atomic mass is 10.1. The number of amides is 1. The molecule has 1 atom stereocenters. The molecule has 1 amide bonds. The quantitative estimate of drug-likeness (QED) is 0.460. The number of carbonyl (C=O) groups is 1.